The Morgan fingerprint density at radius 1 is 1.33 bits per heavy atom. The van der Waals surface area contributed by atoms with E-state index in [0.29, 0.717) is 5.41 Å². The highest BCUT2D eigenvalue weighted by Crippen LogP contribution is 2.33. The molecule has 0 bridgehead atoms. The molecule has 0 saturated carbocycles. The van der Waals surface area contributed by atoms with Crippen LogP contribution >= 0.6 is 11.6 Å². The number of halogens is 1. The van der Waals surface area contributed by atoms with Crippen LogP contribution in [0, 0.1) is 11.3 Å². The molecule has 0 fully saturated rings. The van der Waals surface area contributed by atoms with Crippen LogP contribution in [0.25, 0.3) is 0 Å². The minimum Gasteiger partial charge on any atom is -0.126 e. The first-order chi connectivity index (χ1) is 5.58. The lowest BCUT2D eigenvalue weighted by Crippen LogP contribution is -2.21. The summed E-state index contributed by atoms with van der Waals surface area (Å²) >= 11 is 5.99. The average molecular weight is 191 g/mol. The molecule has 0 N–H and O–H groups in total. The summed E-state index contributed by atoms with van der Waals surface area (Å²) in [5, 5.41) is 0. The van der Waals surface area contributed by atoms with Crippen LogP contribution in [-0.4, -0.2) is 5.88 Å². The van der Waals surface area contributed by atoms with E-state index >= 15 is 0 Å². The molecule has 0 aromatic carbocycles. The quantitative estimate of drug-likeness (QED) is 0.543. The third-order valence-electron chi connectivity index (χ3n) is 2.71. The standard InChI is InChI=1S/C11H23Cl/c1-5-7-11(4,9-12)8-10(3)6-2/h10H,5-9H2,1-4H3. The highest BCUT2D eigenvalue weighted by atomic mass is 35.5. The van der Waals surface area contributed by atoms with E-state index < -0.39 is 0 Å². The zero-order valence-electron chi connectivity index (χ0n) is 8.99. The molecule has 0 aliphatic rings. The fourth-order valence-electron chi connectivity index (χ4n) is 1.81. The first-order valence-electron chi connectivity index (χ1n) is 5.14. The monoisotopic (exact) mass is 190 g/mol. The summed E-state index contributed by atoms with van der Waals surface area (Å²) in [6.07, 6.45) is 5.07. The molecule has 2 atom stereocenters. The minimum atomic E-state index is 0.381. The van der Waals surface area contributed by atoms with Gasteiger partial charge >= 0.3 is 0 Å². The van der Waals surface area contributed by atoms with Crippen LogP contribution in [-0.2, 0) is 0 Å². The molecule has 0 aliphatic carbocycles. The first kappa shape index (κ1) is 12.3. The topological polar surface area (TPSA) is 0 Å². The van der Waals surface area contributed by atoms with Crippen LogP contribution in [0.2, 0.25) is 0 Å². The third-order valence-corrected chi connectivity index (χ3v) is 3.36. The van der Waals surface area contributed by atoms with Gasteiger partial charge in [-0.3, -0.25) is 0 Å². The van der Waals surface area contributed by atoms with Crippen molar-refractivity contribution in [1.82, 2.24) is 0 Å². The van der Waals surface area contributed by atoms with Crippen molar-refractivity contribution in [2.24, 2.45) is 11.3 Å². The van der Waals surface area contributed by atoms with Crippen LogP contribution in [0.4, 0.5) is 0 Å². The lowest BCUT2D eigenvalue weighted by atomic mass is 9.79. The van der Waals surface area contributed by atoms with Gasteiger partial charge in [-0.25, -0.2) is 0 Å². The molecule has 12 heavy (non-hydrogen) atoms. The summed E-state index contributed by atoms with van der Waals surface area (Å²) in [5.41, 5.74) is 0.381. The normalized spacial score (nSPS) is 18.8. The molecular formula is C11H23Cl. The second kappa shape index (κ2) is 5.85. The number of hydrogen-bond acceptors (Lipinski definition) is 0. The van der Waals surface area contributed by atoms with E-state index in [0.717, 1.165) is 11.8 Å². The molecule has 2 unspecified atom stereocenters. The maximum atomic E-state index is 5.99. The van der Waals surface area contributed by atoms with Crippen molar-refractivity contribution in [3.63, 3.8) is 0 Å². The Bertz CT molecular complexity index is 112. The van der Waals surface area contributed by atoms with E-state index in [2.05, 4.69) is 27.7 Å². The van der Waals surface area contributed by atoms with Gasteiger partial charge in [-0.2, -0.15) is 0 Å². The second-order valence-corrected chi connectivity index (χ2v) is 4.68. The predicted molar refractivity (Wildman–Crippen MR) is 57.8 cm³/mol. The highest BCUT2D eigenvalue weighted by Gasteiger charge is 2.23. The average Bonchev–Trinajstić information content (AvgIpc) is 2.05. The summed E-state index contributed by atoms with van der Waals surface area (Å²) in [5.74, 6) is 1.63. The van der Waals surface area contributed by atoms with Crippen molar-refractivity contribution in [3.05, 3.63) is 0 Å². The fraction of sp³-hybridized carbons (Fsp3) is 1.00. The zero-order chi connectivity index (χ0) is 9.61. The van der Waals surface area contributed by atoms with Gasteiger partial charge in [0.2, 0.25) is 0 Å². The second-order valence-electron chi connectivity index (χ2n) is 4.41. The Morgan fingerprint density at radius 3 is 2.25 bits per heavy atom. The fourth-order valence-corrected chi connectivity index (χ4v) is 2.06. The predicted octanol–water partition coefficient (Wildman–Crippen LogP) is 4.47. The van der Waals surface area contributed by atoms with Gasteiger partial charge in [0, 0.05) is 5.88 Å². The first-order valence-corrected chi connectivity index (χ1v) is 5.67. The maximum absolute atomic E-state index is 5.99. The molecule has 0 rings (SSSR count). The van der Waals surface area contributed by atoms with E-state index in [4.69, 9.17) is 11.6 Å². The third kappa shape index (κ3) is 4.35. The van der Waals surface area contributed by atoms with E-state index in [1.165, 1.54) is 25.7 Å². The Kier molecular flexibility index (Phi) is 6.00. The molecule has 0 aliphatic heterocycles. The van der Waals surface area contributed by atoms with Gasteiger partial charge in [0.25, 0.3) is 0 Å². The molecule has 0 spiro atoms. The van der Waals surface area contributed by atoms with Crippen molar-refractivity contribution in [3.8, 4) is 0 Å². The van der Waals surface area contributed by atoms with Gasteiger partial charge in [-0.05, 0) is 24.2 Å². The van der Waals surface area contributed by atoms with Crippen molar-refractivity contribution in [2.75, 3.05) is 5.88 Å². The van der Waals surface area contributed by atoms with Gasteiger partial charge in [-0.15, -0.1) is 11.6 Å². The lowest BCUT2D eigenvalue weighted by Gasteiger charge is -2.29. The number of alkyl halides is 1. The number of hydrogen-bond donors (Lipinski definition) is 0. The Labute approximate surface area is 82.7 Å². The Morgan fingerprint density at radius 2 is 1.92 bits per heavy atom. The van der Waals surface area contributed by atoms with E-state index in [1.807, 2.05) is 0 Å². The van der Waals surface area contributed by atoms with Crippen LogP contribution < -0.4 is 0 Å². The summed E-state index contributed by atoms with van der Waals surface area (Å²) in [6.45, 7) is 9.13. The highest BCUT2D eigenvalue weighted by molar-refractivity contribution is 6.18. The Hall–Kier alpha value is 0.290. The largest absolute Gasteiger partial charge is 0.126 e. The molecule has 0 radical (unpaired) electrons. The van der Waals surface area contributed by atoms with E-state index in [1.54, 1.807) is 0 Å². The van der Waals surface area contributed by atoms with Crippen molar-refractivity contribution >= 4 is 11.6 Å². The molecule has 0 amide bonds. The van der Waals surface area contributed by atoms with E-state index in [9.17, 15) is 0 Å². The molecular weight excluding hydrogens is 168 g/mol. The smallest absolute Gasteiger partial charge is 0.0277 e. The summed E-state index contributed by atoms with van der Waals surface area (Å²) in [6, 6.07) is 0. The van der Waals surface area contributed by atoms with Gasteiger partial charge < -0.3 is 0 Å². The molecule has 1 heteroatoms. The number of rotatable bonds is 6. The molecule has 0 heterocycles. The van der Waals surface area contributed by atoms with Crippen molar-refractivity contribution in [2.45, 2.75) is 53.4 Å². The Balaban J connectivity index is 3.94. The van der Waals surface area contributed by atoms with Gasteiger partial charge in [0.15, 0.2) is 0 Å². The van der Waals surface area contributed by atoms with Crippen molar-refractivity contribution < 1.29 is 0 Å². The molecule has 74 valence electrons. The molecule has 0 saturated heterocycles. The summed E-state index contributed by atoms with van der Waals surface area (Å²) in [7, 11) is 0. The van der Waals surface area contributed by atoms with Crippen molar-refractivity contribution in [1.29, 1.82) is 0 Å². The summed E-state index contributed by atoms with van der Waals surface area (Å²) in [4.78, 5) is 0. The van der Waals surface area contributed by atoms with Crippen LogP contribution in [0.1, 0.15) is 53.4 Å². The summed E-state index contributed by atoms with van der Waals surface area (Å²) < 4.78 is 0. The van der Waals surface area contributed by atoms with Crippen LogP contribution in [0.15, 0.2) is 0 Å². The van der Waals surface area contributed by atoms with E-state index in [-0.39, 0.29) is 0 Å². The van der Waals surface area contributed by atoms with Crippen LogP contribution in [0.3, 0.4) is 0 Å². The molecule has 0 nitrogen and oxygen atoms in total. The van der Waals surface area contributed by atoms with Gasteiger partial charge in [0.1, 0.15) is 0 Å². The van der Waals surface area contributed by atoms with Gasteiger partial charge in [0.05, 0.1) is 0 Å². The van der Waals surface area contributed by atoms with Crippen LogP contribution in [0.5, 0.6) is 0 Å². The minimum absolute atomic E-state index is 0.381. The lowest BCUT2D eigenvalue weighted by molar-refractivity contribution is 0.255. The SMILES string of the molecule is CCCC(C)(CCl)CC(C)CC. The molecule has 0 aromatic rings. The maximum Gasteiger partial charge on any atom is 0.0277 e. The molecule has 0 aromatic heterocycles. The zero-order valence-corrected chi connectivity index (χ0v) is 9.75. The van der Waals surface area contributed by atoms with Gasteiger partial charge in [-0.1, -0.05) is 40.5 Å².